The van der Waals surface area contributed by atoms with Gasteiger partial charge in [-0.15, -0.1) is 12.4 Å². The molecule has 0 amide bonds. The summed E-state index contributed by atoms with van der Waals surface area (Å²) in [4.78, 5) is 0. The first-order valence-corrected chi connectivity index (χ1v) is 9.97. The Kier molecular flexibility index (Phi) is 7.32. The van der Waals surface area contributed by atoms with Crippen LogP contribution in [0.2, 0.25) is 0 Å². The molecule has 2 atom stereocenters. The van der Waals surface area contributed by atoms with E-state index in [1.54, 1.807) is 0 Å². The zero-order valence-electron chi connectivity index (χ0n) is 16.7. The molecule has 0 bridgehead atoms. The second kappa shape index (κ2) is 9.93. The van der Waals surface area contributed by atoms with Crippen molar-refractivity contribution in [3.63, 3.8) is 0 Å². The van der Waals surface area contributed by atoms with Crippen LogP contribution >= 0.6 is 12.4 Å². The highest BCUT2D eigenvalue weighted by atomic mass is 35.5. The zero-order chi connectivity index (χ0) is 19.2. The Bertz CT molecular complexity index is 888. The van der Waals surface area contributed by atoms with Crippen molar-refractivity contribution in [3.05, 3.63) is 102 Å². The van der Waals surface area contributed by atoms with E-state index in [4.69, 9.17) is 9.47 Å². The van der Waals surface area contributed by atoms with E-state index < -0.39 is 5.79 Å². The van der Waals surface area contributed by atoms with E-state index in [2.05, 4.69) is 60.8 Å². The van der Waals surface area contributed by atoms with Gasteiger partial charge in [-0.3, -0.25) is 0 Å². The van der Waals surface area contributed by atoms with E-state index in [0.717, 1.165) is 30.7 Å². The van der Waals surface area contributed by atoms with Gasteiger partial charge in [-0.05, 0) is 36.1 Å². The SMILES string of the molecule is CC(NCc1ccccc1)C1(OCc2ccccc2)CCc2ccccc2O1.Cl. The van der Waals surface area contributed by atoms with Gasteiger partial charge in [0.05, 0.1) is 12.6 Å². The third-order valence-electron chi connectivity index (χ3n) is 5.44. The fourth-order valence-corrected chi connectivity index (χ4v) is 3.69. The molecule has 1 aliphatic rings. The molecule has 1 heterocycles. The molecule has 1 aliphatic heterocycles. The maximum Gasteiger partial charge on any atom is 0.226 e. The third kappa shape index (κ3) is 5.18. The summed E-state index contributed by atoms with van der Waals surface area (Å²) < 4.78 is 13.0. The number of aryl methyl sites for hydroxylation is 1. The molecule has 29 heavy (non-hydrogen) atoms. The number of para-hydroxylation sites is 1. The average Bonchev–Trinajstić information content (AvgIpc) is 2.77. The van der Waals surface area contributed by atoms with Crippen molar-refractivity contribution in [1.29, 1.82) is 0 Å². The van der Waals surface area contributed by atoms with Crippen LogP contribution in [0.25, 0.3) is 0 Å². The van der Waals surface area contributed by atoms with Gasteiger partial charge in [0, 0.05) is 13.0 Å². The van der Waals surface area contributed by atoms with E-state index in [9.17, 15) is 0 Å². The summed E-state index contributed by atoms with van der Waals surface area (Å²) in [6.45, 7) is 3.46. The van der Waals surface area contributed by atoms with Crippen molar-refractivity contribution in [1.82, 2.24) is 5.32 Å². The predicted octanol–water partition coefficient (Wildman–Crippen LogP) is 5.52. The van der Waals surface area contributed by atoms with E-state index in [1.165, 1.54) is 11.1 Å². The molecule has 1 N–H and O–H groups in total. The number of benzene rings is 3. The van der Waals surface area contributed by atoms with Gasteiger partial charge >= 0.3 is 0 Å². The molecule has 0 aliphatic carbocycles. The Morgan fingerprint density at radius 3 is 2.24 bits per heavy atom. The topological polar surface area (TPSA) is 30.5 Å². The molecule has 3 nitrogen and oxygen atoms in total. The van der Waals surface area contributed by atoms with Crippen LogP contribution in [0.5, 0.6) is 5.75 Å². The summed E-state index contributed by atoms with van der Waals surface area (Å²) in [5, 5.41) is 3.63. The highest BCUT2D eigenvalue weighted by molar-refractivity contribution is 5.85. The summed E-state index contributed by atoms with van der Waals surface area (Å²) in [5.41, 5.74) is 3.65. The van der Waals surface area contributed by atoms with Gasteiger partial charge in [-0.1, -0.05) is 78.9 Å². The van der Waals surface area contributed by atoms with Crippen LogP contribution in [0, 0.1) is 0 Å². The average molecular weight is 410 g/mol. The molecule has 4 heteroatoms. The maximum absolute atomic E-state index is 6.51. The van der Waals surface area contributed by atoms with Crippen molar-refractivity contribution in [2.75, 3.05) is 0 Å². The molecular weight excluding hydrogens is 382 g/mol. The third-order valence-corrected chi connectivity index (χ3v) is 5.44. The Morgan fingerprint density at radius 1 is 0.897 bits per heavy atom. The van der Waals surface area contributed by atoms with Gasteiger partial charge in [0.15, 0.2) is 0 Å². The summed E-state index contributed by atoms with van der Waals surface area (Å²) in [6, 6.07) is 29.0. The van der Waals surface area contributed by atoms with Crippen LogP contribution in [0.1, 0.15) is 30.0 Å². The molecule has 0 fully saturated rings. The molecule has 0 saturated carbocycles. The highest BCUT2D eigenvalue weighted by Crippen LogP contribution is 2.36. The quantitative estimate of drug-likeness (QED) is 0.557. The first kappa shape index (κ1) is 21.4. The molecule has 0 spiro atoms. The largest absolute Gasteiger partial charge is 0.460 e. The predicted molar refractivity (Wildman–Crippen MR) is 119 cm³/mol. The van der Waals surface area contributed by atoms with Crippen molar-refractivity contribution in [2.24, 2.45) is 0 Å². The molecular formula is C25H28ClNO2. The van der Waals surface area contributed by atoms with Gasteiger partial charge in [0.25, 0.3) is 0 Å². The summed E-state index contributed by atoms with van der Waals surface area (Å²) in [6.07, 6.45) is 1.77. The van der Waals surface area contributed by atoms with E-state index in [-0.39, 0.29) is 18.4 Å². The highest BCUT2D eigenvalue weighted by Gasteiger charge is 2.42. The molecule has 4 rings (SSSR count). The number of fused-ring (bicyclic) bond motifs is 1. The monoisotopic (exact) mass is 409 g/mol. The number of hydrogen-bond donors (Lipinski definition) is 1. The van der Waals surface area contributed by atoms with Gasteiger partial charge < -0.3 is 14.8 Å². The van der Waals surface area contributed by atoms with Crippen molar-refractivity contribution in [2.45, 2.75) is 44.7 Å². The van der Waals surface area contributed by atoms with Gasteiger partial charge in [-0.2, -0.15) is 0 Å². The van der Waals surface area contributed by atoms with Crippen LogP contribution in [0.3, 0.4) is 0 Å². The Labute approximate surface area is 179 Å². The molecule has 2 unspecified atom stereocenters. The zero-order valence-corrected chi connectivity index (χ0v) is 17.5. The number of ether oxygens (including phenoxy) is 2. The molecule has 0 aromatic heterocycles. The lowest BCUT2D eigenvalue weighted by Gasteiger charge is -2.42. The molecule has 152 valence electrons. The number of hydrogen-bond acceptors (Lipinski definition) is 3. The Morgan fingerprint density at radius 2 is 1.52 bits per heavy atom. The van der Waals surface area contributed by atoms with E-state index in [0.29, 0.717) is 6.61 Å². The van der Waals surface area contributed by atoms with Crippen LogP contribution in [-0.2, 0) is 24.3 Å². The lowest BCUT2D eigenvalue weighted by Crippen LogP contribution is -2.56. The fourth-order valence-electron chi connectivity index (χ4n) is 3.69. The minimum atomic E-state index is -0.695. The van der Waals surface area contributed by atoms with Crippen LogP contribution in [-0.4, -0.2) is 11.8 Å². The summed E-state index contributed by atoms with van der Waals surface area (Å²) in [7, 11) is 0. The number of rotatable bonds is 7. The fraction of sp³-hybridized carbons (Fsp3) is 0.280. The minimum absolute atomic E-state index is 0. The summed E-state index contributed by atoms with van der Waals surface area (Å²) >= 11 is 0. The first-order chi connectivity index (χ1) is 13.8. The van der Waals surface area contributed by atoms with Crippen LogP contribution in [0.4, 0.5) is 0 Å². The molecule has 0 radical (unpaired) electrons. The van der Waals surface area contributed by atoms with Crippen molar-refractivity contribution < 1.29 is 9.47 Å². The number of nitrogens with one attached hydrogen (secondary N) is 1. The second-order valence-electron chi connectivity index (χ2n) is 7.38. The lowest BCUT2D eigenvalue weighted by molar-refractivity contribution is -0.217. The number of halogens is 1. The maximum atomic E-state index is 6.51. The standard InChI is InChI=1S/C25H27NO2.ClH/c1-20(26-18-21-10-4-2-5-11-21)25(27-19-22-12-6-3-7-13-22)17-16-23-14-8-9-15-24(23)28-25;/h2-15,20,26H,16-19H2,1H3;1H. The molecule has 3 aromatic rings. The minimum Gasteiger partial charge on any atom is -0.460 e. The van der Waals surface area contributed by atoms with Crippen LogP contribution in [0.15, 0.2) is 84.9 Å². The van der Waals surface area contributed by atoms with Crippen molar-refractivity contribution >= 4 is 12.4 Å². The molecule has 0 saturated heterocycles. The Hall–Kier alpha value is -2.33. The van der Waals surface area contributed by atoms with Crippen LogP contribution < -0.4 is 10.1 Å². The van der Waals surface area contributed by atoms with E-state index in [1.807, 2.05) is 36.4 Å². The Balaban J connectivity index is 0.00000240. The first-order valence-electron chi connectivity index (χ1n) is 9.97. The van der Waals surface area contributed by atoms with Crippen molar-refractivity contribution in [3.8, 4) is 5.75 Å². The smallest absolute Gasteiger partial charge is 0.226 e. The second-order valence-corrected chi connectivity index (χ2v) is 7.38. The normalized spacial score (nSPS) is 18.8. The van der Waals surface area contributed by atoms with Gasteiger partial charge in [0.2, 0.25) is 5.79 Å². The van der Waals surface area contributed by atoms with Gasteiger partial charge in [-0.25, -0.2) is 0 Å². The molecule has 3 aromatic carbocycles. The lowest BCUT2D eigenvalue weighted by atomic mass is 9.94. The summed E-state index contributed by atoms with van der Waals surface area (Å²) in [5.74, 6) is 0.231. The van der Waals surface area contributed by atoms with Gasteiger partial charge in [0.1, 0.15) is 5.75 Å². The van der Waals surface area contributed by atoms with E-state index >= 15 is 0 Å².